The molecule has 0 heterocycles. The van der Waals surface area contributed by atoms with Crippen LogP contribution in [-0.4, -0.2) is 24.6 Å². The Morgan fingerprint density at radius 2 is 0.833 bits per heavy atom. The number of halogens is 1. The molecule has 0 unspecified atom stereocenters. The van der Waals surface area contributed by atoms with Gasteiger partial charge in [-0.1, -0.05) is 58.3 Å². The molecule has 0 atom stereocenters. The average Bonchev–Trinajstić information content (AvgIpc) is 2.52. The van der Waals surface area contributed by atoms with E-state index in [1.165, 1.54) is 82.7 Å². The van der Waals surface area contributed by atoms with Crippen molar-refractivity contribution in [2.24, 2.45) is 0 Å². The lowest BCUT2D eigenvalue weighted by atomic mass is 10.1. The third-order valence-corrected chi connectivity index (χ3v) is 10.3. The van der Waals surface area contributed by atoms with E-state index < -0.39 is 17.5 Å². The first-order valence-electron chi connectivity index (χ1n) is 9.71. The van der Waals surface area contributed by atoms with Crippen LogP contribution in [0.5, 0.6) is 0 Å². The van der Waals surface area contributed by atoms with Crippen molar-refractivity contribution in [3.63, 3.8) is 0 Å². The molecular weight excluding hydrogens is 347 g/mol. The largest absolute Gasteiger partial charge is 0.222 e. The highest BCUT2D eigenvalue weighted by atomic mass is 35.7. The van der Waals surface area contributed by atoms with Crippen LogP contribution in [0.3, 0.4) is 0 Å². The summed E-state index contributed by atoms with van der Waals surface area (Å²) in [6, 6.07) is 0. The maximum Gasteiger partial charge on any atom is 0.0594 e. The summed E-state index contributed by atoms with van der Waals surface area (Å²) < 4.78 is 34.0. The third kappa shape index (κ3) is 20.6. The highest BCUT2D eigenvalue weighted by Crippen LogP contribution is 2.58. The van der Waals surface area contributed by atoms with Crippen molar-refractivity contribution in [2.45, 2.75) is 91.9 Å². The first-order chi connectivity index (χ1) is 11.2. The van der Waals surface area contributed by atoms with E-state index in [4.69, 9.17) is 18.6 Å². The molecule has 0 saturated heterocycles. The molecule has 0 aliphatic heterocycles. The van der Waals surface area contributed by atoms with Crippen LogP contribution in [0, 0.1) is 10.2 Å². The molecule has 0 spiro atoms. The zero-order chi connectivity index (χ0) is 18.9. The van der Waals surface area contributed by atoms with E-state index >= 15 is 0 Å². The van der Waals surface area contributed by atoms with Gasteiger partial charge in [0.25, 0.3) is 0 Å². The molecule has 0 radical (unpaired) electrons. The molecule has 0 bridgehead atoms. The van der Waals surface area contributed by atoms with Gasteiger partial charge in [-0.15, -0.1) is 10.2 Å². The van der Waals surface area contributed by atoms with E-state index in [-0.39, 0.29) is 0 Å². The van der Waals surface area contributed by atoms with Crippen LogP contribution in [0.25, 0.3) is 0 Å². The molecule has 0 aromatic rings. The van der Waals surface area contributed by atoms with Crippen molar-refractivity contribution in [1.82, 2.24) is 0 Å². The van der Waals surface area contributed by atoms with Crippen LogP contribution >= 0.6 is 7.26 Å². The minimum Gasteiger partial charge on any atom is -0.222 e. The summed E-state index contributed by atoms with van der Waals surface area (Å²) in [6.07, 6.45) is 20.7. The topological polar surface area (TPSA) is 92.2 Å². The molecule has 0 amide bonds. The van der Waals surface area contributed by atoms with Crippen LogP contribution in [0.4, 0.5) is 0 Å². The van der Waals surface area contributed by atoms with Crippen molar-refractivity contribution in [2.75, 3.05) is 24.6 Å². The molecule has 0 aliphatic carbocycles. The lowest BCUT2D eigenvalue weighted by molar-refractivity contribution is -2.00. The lowest BCUT2D eigenvalue weighted by Gasteiger charge is -2.23. The van der Waals surface area contributed by atoms with Crippen LogP contribution in [0.15, 0.2) is 0 Å². The molecule has 6 heteroatoms. The Labute approximate surface area is 153 Å². The Balaban J connectivity index is 0. The van der Waals surface area contributed by atoms with Crippen LogP contribution in [-0.2, 0) is 0 Å². The van der Waals surface area contributed by atoms with E-state index in [0.29, 0.717) is 0 Å². The van der Waals surface area contributed by atoms with Crippen LogP contribution in [0.1, 0.15) is 91.9 Å². The van der Waals surface area contributed by atoms with Gasteiger partial charge < -0.3 is 0 Å². The Kier molecular flexibility index (Phi) is 19.0. The molecule has 24 heavy (non-hydrogen) atoms. The van der Waals surface area contributed by atoms with E-state index in [9.17, 15) is 0 Å². The summed E-state index contributed by atoms with van der Waals surface area (Å²) in [5.74, 6) is 0. The zero-order valence-electron chi connectivity index (χ0n) is 16.4. The number of hydrogen-bond donors (Lipinski definition) is 0. The first kappa shape index (κ1) is 26.8. The van der Waals surface area contributed by atoms with Gasteiger partial charge in [0.15, 0.2) is 0 Å². The smallest absolute Gasteiger partial charge is 0.0594 e. The molecule has 0 saturated carbocycles. The quantitative estimate of drug-likeness (QED) is 0.338. The van der Waals surface area contributed by atoms with Crippen molar-refractivity contribution in [3.8, 4) is 0 Å². The molecule has 0 aromatic heterocycles. The van der Waals surface area contributed by atoms with Crippen molar-refractivity contribution in [1.29, 1.82) is 0 Å². The van der Waals surface area contributed by atoms with Crippen molar-refractivity contribution < 1.29 is 28.9 Å². The number of rotatable bonds is 14. The fourth-order valence-corrected chi connectivity index (χ4v) is 6.26. The second-order valence-corrected chi connectivity index (χ2v) is 12.4. The minimum atomic E-state index is -4.94. The predicted octanol–water partition coefficient (Wildman–Crippen LogP) is 2.23. The minimum absolute atomic E-state index is 0.513. The van der Waals surface area contributed by atoms with E-state index in [2.05, 4.69) is 27.7 Å². The van der Waals surface area contributed by atoms with Crippen LogP contribution in [0.2, 0.25) is 0 Å². The van der Waals surface area contributed by atoms with E-state index in [0.717, 1.165) is 0 Å². The summed E-state index contributed by atoms with van der Waals surface area (Å²) in [5.41, 5.74) is 0. The van der Waals surface area contributed by atoms with Gasteiger partial charge in [0.05, 0.1) is 24.6 Å². The van der Waals surface area contributed by atoms with Gasteiger partial charge in [-0.2, -0.15) is 0 Å². The Hall–Kier alpha value is 0.560. The number of hydrogen-bond acceptors (Lipinski definition) is 4. The van der Waals surface area contributed by atoms with Gasteiger partial charge in [-0.25, -0.2) is 18.6 Å². The summed E-state index contributed by atoms with van der Waals surface area (Å²) in [5, 5.41) is 0. The highest BCUT2D eigenvalue weighted by molar-refractivity contribution is 7.75. The molecule has 4 nitrogen and oxygen atoms in total. The van der Waals surface area contributed by atoms with Gasteiger partial charge in [0, 0.05) is 7.26 Å². The van der Waals surface area contributed by atoms with Gasteiger partial charge in [0.1, 0.15) is 0 Å². The van der Waals surface area contributed by atoms with Crippen molar-refractivity contribution in [3.05, 3.63) is 0 Å². The summed E-state index contributed by atoms with van der Waals surface area (Å²) >= 11 is 0. The van der Waals surface area contributed by atoms with Gasteiger partial charge in [-0.05, 0) is 33.6 Å². The molecule has 0 N–H and O–H groups in total. The highest BCUT2D eigenvalue weighted by Gasteiger charge is 2.29. The molecule has 148 valence electrons. The monoisotopic (exact) mass is 386 g/mol. The molecular formula is C18H40ClO4P. The Morgan fingerprint density at radius 3 is 1.12 bits per heavy atom. The molecule has 0 rings (SSSR count). The summed E-state index contributed by atoms with van der Waals surface area (Å²) in [4.78, 5) is 0. The van der Waals surface area contributed by atoms with Gasteiger partial charge >= 0.3 is 0 Å². The molecule has 0 aromatic carbocycles. The average molecular weight is 387 g/mol. The second kappa shape index (κ2) is 17.0. The summed E-state index contributed by atoms with van der Waals surface area (Å²) in [7, 11) is -5.46. The van der Waals surface area contributed by atoms with Crippen molar-refractivity contribution >= 4 is 7.26 Å². The maximum atomic E-state index is 8.49. The fourth-order valence-electron chi connectivity index (χ4n) is 3.08. The van der Waals surface area contributed by atoms with Gasteiger partial charge in [-0.3, -0.25) is 0 Å². The molecule has 0 fully saturated rings. The zero-order valence-corrected chi connectivity index (χ0v) is 18.0. The van der Waals surface area contributed by atoms with Gasteiger partial charge in [0.2, 0.25) is 0 Å². The standard InChI is InChI=1S/C18H40P.ClHO4/c1-5-9-10-11-12-13-14-15-16-17-18-19(6-2,7-3)8-4;2-1(3,4)5/h5-18H2,1-4H3;(H,2,3,4,5)/q+1;/p-1. The first-order valence-corrected chi connectivity index (χ1v) is 13.5. The third-order valence-electron chi connectivity index (χ3n) is 5.00. The number of unbranched alkanes of at least 4 members (excludes halogenated alkanes) is 9. The maximum absolute atomic E-state index is 8.49. The Bertz CT molecular complexity index is 242. The fraction of sp³-hybridized carbons (Fsp3) is 1.00. The second-order valence-electron chi connectivity index (χ2n) is 6.57. The lowest BCUT2D eigenvalue weighted by Crippen LogP contribution is -2.68. The predicted molar refractivity (Wildman–Crippen MR) is 95.3 cm³/mol. The SMILES string of the molecule is CCCCCCCCCCCC[P+](CC)(CC)CC.[O-][Cl+3]([O-])([O-])[O-]. The normalized spacial score (nSPS) is 12.0. The summed E-state index contributed by atoms with van der Waals surface area (Å²) in [6.45, 7) is 9.58. The Morgan fingerprint density at radius 1 is 0.542 bits per heavy atom. The van der Waals surface area contributed by atoms with E-state index in [1.807, 2.05) is 0 Å². The van der Waals surface area contributed by atoms with Crippen LogP contribution < -0.4 is 18.6 Å². The van der Waals surface area contributed by atoms with E-state index in [1.54, 1.807) is 6.16 Å². The molecule has 0 aliphatic rings.